The first kappa shape index (κ1) is 14.4. The smallest absolute Gasteiger partial charge is 0.162 e. The summed E-state index contributed by atoms with van der Waals surface area (Å²) in [6.07, 6.45) is 2.70. The average Bonchev–Trinajstić information content (AvgIpc) is 2.34. The molecular formula is C12H20BrN3O. The summed E-state index contributed by atoms with van der Waals surface area (Å²) in [6.45, 7) is 6.13. The first-order valence-corrected chi connectivity index (χ1v) is 6.65. The highest BCUT2D eigenvalue weighted by atomic mass is 79.9. The molecule has 5 heteroatoms. The maximum Gasteiger partial charge on any atom is 0.162 e. The Morgan fingerprint density at radius 2 is 2.00 bits per heavy atom. The van der Waals surface area contributed by atoms with Crippen molar-refractivity contribution in [3.05, 3.63) is 16.0 Å². The van der Waals surface area contributed by atoms with Gasteiger partial charge in [0.2, 0.25) is 0 Å². The highest BCUT2D eigenvalue weighted by molar-refractivity contribution is 9.10. The number of nitrogen functional groups attached to an aromatic ring is 1. The van der Waals surface area contributed by atoms with Gasteiger partial charge in [-0.15, -0.1) is 0 Å². The van der Waals surface area contributed by atoms with Crippen LogP contribution < -0.4 is 5.73 Å². The number of ether oxygens (including phenoxy) is 1. The molecule has 1 aromatic heterocycles. The van der Waals surface area contributed by atoms with Crippen LogP contribution in [0.4, 0.5) is 5.82 Å². The molecule has 1 rings (SSSR count). The lowest BCUT2D eigenvalue weighted by molar-refractivity contribution is -0.00906. The fourth-order valence-corrected chi connectivity index (χ4v) is 1.92. The third-order valence-electron chi connectivity index (χ3n) is 3.03. The van der Waals surface area contributed by atoms with Crippen LogP contribution in [0.2, 0.25) is 0 Å². The van der Waals surface area contributed by atoms with Gasteiger partial charge in [0.25, 0.3) is 0 Å². The van der Waals surface area contributed by atoms with Gasteiger partial charge in [-0.05, 0) is 35.7 Å². The molecule has 0 spiro atoms. The van der Waals surface area contributed by atoms with Gasteiger partial charge < -0.3 is 10.5 Å². The fourth-order valence-electron chi connectivity index (χ4n) is 1.55. The van der Waals surface area contributed by atoms with Gasteiger partial charge in [-0.1, -0.05) is 20.3 Å². The van der Waals surface area contributed by atoms with Gasteiger partial charge in [0.05, 0.1) is 10.2 Å². The maximum absolute atomic E-state index is 5.90. The second kappa shape index (κ2) is 5.78. The molecule has 0 radical (unpaired) electrons. The highest BCUT2D eigenvalue weighted by Gasteiger charge is 2.28. The van der Waals surface area contributed by atoms with Crippen LogP contribution in [0.1, 0.15) is 45.1 Å². The SMILES string of the molecule is CCCc1nc(C(C)(CC)OC)nc(N)c1Br. The molecule has 0 aromatic carbocycles. The molecule has 1 atom stereocenters. The zero-order chi connectivity index (χ0) is 13.1. The lowest BCUT2D eigenvalue weighted by Gasteiger charge is -2.25. The number of methoxy groups -OCH3 is 1. The summed E-state index contributed by atoms with van der Waals surface area (Å²) >= 11 is 3.44. The van der Waals surface area contributed by atoms with Crippen LogP contribution in [-0.4, -0.2) is 17.1 Å². The van der Waals surface area contributed by atoms with Crippen molar-refractivity contribution in [2.75, 3.05) is 12.8 Å². The highest BCUT2D eigenvalue weighted by Crippen LogP contribution is 2.29. The van der Waals surface area contributed by atoms with Crippen LogP contribution in [0.5, 0.6) is 0 Å². The van der Waals surface area contributed by atoms with Crippen molar-refractivity contribution in [3.8, 4) is 0 Å². The van der Waals surface area contributed by atoms with E-state index in [1.807, 2.05) is 13.8 Å². The van der Waals surface area contributed by atoms with Crippen molar-refractivity contribution >= 4 is 21.7 Å². The second-order valence-corrected chi connectivity index (χ2v) is 5.02. The number of halogens is 1. The molecule has 0 saturated heterocycles. The Morgan fingerprint density at radius 3 is 2.47 bits per heavy atom. The first-order valence-electron chi connectivity index (χ1n) is 5.86. The van der Waals surface area contributed by atoms with E-state index in [-0.39, 0.29) is 0 Å². The van der Waals surface area contributed by atoms with E-state index in [0.717, 1.165) is 29.4 Å². The number of anilines is 1. The Bertz CT molecular complexity index is 392. The van der Waals surface area contributed by atoms with Gasteiger partial charge >= 0.3 is 0 Å². The summed E-state index contributed by atoms with van der Waals surface area (Å²) in [4.78, 5) is 8.90. The Balaban J connectivity index is 3.26. The Hall–Kier alpha value is -0.680. The van der Waals surface area contributed by atoms with E-state index < -0.39 is 5.60 Å². The molecule has 4 nitrogen and oxygen atoms in total. The van der Waals surface area contributed by atoms with Crippen molar-refractivity contribution in [2.24, 2.45) is 0 Å². The van der Waals surface area contributed by atoms with Crippen molar-refractivity contribution in [3.63, 3.8) is 0 Å². The molecule has 1 aromatic rings. The summed E-state index contributed by atoms with van der Waals surface area (Å²) < 4.78 is 6.31. The third-order valence-corrected chi connectivity index (χ3v) is 3.89. The molecule has 1 unspecified atom stereocenters. The molecule has 0 aliphatic carbocycles. The Labute approximate surface area is 111 Å². The molecule has 0 bridgehead atoms. The summed E-state index contributed by atoms with van der Waals surface area (Å²) in [5, 5.41) is 0. The molecular weight excluding hydrogens is 282 g/mol. The molecule has 0 amide bonds. The van der Waals surface area contributed by atoms with E-state index in [1.165, 1.54) is 0 Å². The van der Waals surface area contributed by atoms with Crippen molar-refractivity contribution in [2.45, 2.75) is 45.6 Å². The maximum atomic E-state index is 5.90. The average molecular weight is 302 g/mol. The Kier molecular flexibility index (Phi) is 4.89. The zero-order valence-corrected chi connectivity index (χ0v) is 12.5. The lowest BCUT2D eigenvalue weighted by Crippen LogP contribution is -2.27. The summed E-state index contributed by atoms with van der Waals surface area (Å²) in [6, 6.07) is 0. The lowest BCUT2D eigenvalue weighted by atomic mass is 10.0. The first-order chi connectivity index (χ1) is 7.98. The number of aromatic nitrogens is 2. The minimum absolute atomic E-state index is 0.475. The van der Waals surface area contributed by atoms with E-state index in [9.17, 15) is 0 Å². The van der Waals surface area contributed by atoms with E-state index in [1.54, 1.807) is 7.11 Å². The van der Waals surface area contributed by atoms with Crippen LogP contribution in [0.25, 0.3) is 0 Å². The minimum atomic E-state index is -0.475. The fraction of sp³-hybridized carbons (Fsp3) is 0.667. The minimum Gasteiger partial charge on any atom is -0.383 e. The molecule has 0 fully saturated rings. The number of aryl methyl sites for hydroxylation is 1. The van der Waals surface area contributed by atoms with Crippen LogP contribution in [-0.2, 0) is 16.8 Å². The normalized spacial score (nSPS) is 14.6. The molecule has 0 saturated carbocycles. The topological polar surface area (TPSA) is 61.0 Å². The van der Waals surface area contributed by atoms with Gasteiger partial charge in [-0.25, -0.2) is 9.97 Å². The Morgan fingerprint density at radius 1 is 1.35 bits per heavy atom. The summed E-state index contributed by atoms with van der Waals surface area (Å²) in [5.74, 6) is 1.14. The largest absolute Gasteiger partial charge is 0.383 e. The second-order valence-electron chi connectivity index (χ2n) is 4.23. The van der Waals surface area contributed by atoms with Crippen LogP contribution in [0, 0.1) is 0 Å². The molecule has 2 N–H and O–H groups in total. The van der Waals surface area contributed by atoms with Gasteiger partial charge in [0.15, 0.2) is 5.82 Å². The quantitative estimate of drug-likeness (QED) is 0.908. The van der Waals surface area contributed by atoms with Crippen LogP contribution >= 0.6 is 15.9 Å². The number of nitrogens with zero attached hydrogens (tertiary/aromatic N) is 2. The van der Waals surface area contributed by atoms with Gasteiger partial charge in [-0.3, -0.25) is 0 Å². The molecule has 96 valence electrons. The number of hydrogen-bond acceptors (Lipinski definition) is 4. The van der Waals surface area contributed by atoms with Crippen LogP contribution in [0.3, 0.4) is 0 Å². The van der Waals surface area contributed by atoms with Gasteiger partial charge in [0.1, 0.15) is 11.4 Å². The van der Waals surface area contributed by atoms with E-state index in [2.05, 4.69) is 32.8 Å². The number of hydrogen-bond donors (Lipinski definition) is 1. The van der Waals surface area contributed by atoms with Crippen molar-refractivity contribution in [1.82, 2.24) is 9.97 Å². The summed E-state index contributed by atoms with van der Waals surface area (Å²) in [5.41, 5.74) is 6.38. The predicted octanol–water partition coefficient (Wildman–Crippen LogP) is 3.05. The monoisotopic (exact) mass is 301 g/mol. The van der Waals surface area contributed by atoms with Crippen LogP contribution in [0.15, 0.2) is 4.47 Å². The third kappa shape index (κ3) is 2.96. The van der Waals surface area contributed by atoms with E-state index in [0.29, 0.717) is 11.6 Å². The van der Waals surface area contributed by atoms with Gasteiger partial charge in [0, 0.05) is 7.11 Å². The number of rotatable bonds is 5. The molecule has 1 heterocycles. The molecule has 0 aliphatic rings. The standard InChI is InChI=1S/C12H20BrN3O/c1-5-7-8-9(13)10(14)16-11(15-8)12(3,6-2)17-4/h5-7H2,1-4H3,(H2,14,15,16). The van der Waals surface area contributed by atoms with E-state index in [4.69, 9.17) is 10.5 Å². The number of nitrogens with two attached hydrogens (primary N) is 1. The zero-order valence-electron chi connectivity index (χ0n) is 10.9. The van der Waals surface area contributed by atoms with Gasteiger partial charge in [-0.2, -0.15) is 0 Å². The molecule has 0 aliphatic heterocycles. The molecule has 17 heavy (non-hydrogen) atoms. The van der Waals surface area contributed by atoms with Crippen molar-refractivity contribution in [1.29, 1.82) is 0 Å². The van der Waals surface area contributed by atoms with Crippen molar-refractivity contribution < 1.29 is 4.74 Å². The summed E-state index contributed by atoms with van der Waals surface area (Å²) in [7, 11) is 1.67. The van der Waals surface area contributed by atoms with E-state index >= 15 is 0 Å². The predicted molar refractivity (Wildman–Crippen MR) is 72.8 cm³/mol.